The Kier molecular flexibility index (Phi) is 13.4. The van der Waals surface area contributed by atoms with E-state index in [1.807, 2.05) is 19.9 Å². The lowest BCUT2D eigenvalue weighted by Crippen LogP contribution is -2.38. The zero-order valence-electron chi connectivity index (χ0n) is 14.5. The van der Waals surface area contributed by atoms with Crippen LogP contribution in [-0.2, 0) is 17.9 Å². The van der Waals surface area contributed by atoms with Gasteiger partial charge >= 0.3 is 0 Å². The van der Waals surface area contributed by atoms with Crippen LogP contribution in [0, 0.1) is 5.92 Å². The topological polar surface area (TPSA) is 58.4 Å². The SMILES string of the molecule is CCN(CC)Cc1ccccc1CNC(=O)C(C)C(C)N.Cl.Cl. The van der Waals surface area contributed by atoms with Crippen LogP contribution in [0.4, 0.5) is 0 Å². The number of hydrogen-bond donors (Lipinski definition) is 2. The first-order chi connectivity index (χ1) is 9.99. The minimum atomic E-state index is -0.167. The van der Waals surface area contributed by atoms with Gasteiger partial charge in [0.1, 0.15) is 0 Å². The summed E-state index contributed by atoms with van der Waals surface area (Å²) >= 11 is 0. The van der Waals surface area contributed by atoms with Crippen LogP contribution in [0.25, 0.3) is 0 Å². The van der Waals surface area contributed by atoms with Crippen LogP contribution in [0.5, 0.6) is 0 Å². The van der Waals surface area contributed by atoms with Gasteiger partial charge in [-0.1, -0.05) is 45.0 Å². The highest BCUT2D eigenvalue weighted by atomic mass is 35.5. The second-order valence-electron chi connectivity index (χ2n) is 5.60. The quantitative estimate of drug-likeness (QED) is 0.746. The van der Waals surface area contributed by atoms with Crippen LogP contribution in [0.15, 0.2) is 24.3 Å². The number of benzene rings is 1. The predicted molar refractivity (Wildman–Crippen MR) is 102 cm³/mol. The number of hydrogen-bond acceptors (Lipinski definition) is 3. The molecule has 134 valence electrons. The smallest absolute Gasteiger partial charge is 0.224 e. The molecule has 6 heteroatoms. The Labute approximate surface area is 153 Å². The van der Waals surface area contributed by atoms with Gasteiger partial charge in [0.05, 0.1) is 0 Å². The van der Waals surface area contributed by atoms with Crippen molar-refractivity contribution in [3.05, 3.63) is 35.4 Å². The lowest BCUT2D eigenvalue weighted by Gasteiger charge is -2.21. The molecular formula is C17H31Cl2N3O. The molecule has 0 aliphatic heterocycles. The fourth-order valence-corrected chi connectivity index (χ4v) is 2.15. The first-order valence-corrected chi connectivity index (χ1v) is 7.82. The summed E-state index contributed by atoms with van der Waals surface area (Å²) in [6.07, 6.45) is 0. The van der Waals surface area contributed by atoms with Crippen molar-refractivity contribution in [2.45, 2.75) is 46.8 Å². The van der Waals surface area contributed by atoms with Crippen molar-refractivity contribution in [2.24, 2.45) is 11.7 Å². The molecule has 0 aliphatic carbocycles. The van der Waals surface area contributed by atoms with Crippen LogP contribution in [0.2, 0.25) is 0 Å². The van der Waals surface area contributed by atoms with E-state index in [9.17, 15) is 4.79 Å². The molecule has 0 saturated heterocycles. The molecule has 1 aromatic carbocycles. The number of halogens is 2. The van der Waals surface area contributed by atoms with E-state index in [1.165, 1.54) is 11.1 Å². The van der Waals surface area contributed by atoms with E-state index < -0.39 is 0 Å². The third-order valence-corrected chi connectivity index (χ3v) is 4.06. The fourth-order valence-electron chi connectivity index (χ4n) is 2.15. The average molecular weight is 364 g/mol. The van der Waals surface area contributed by atoms with Crippen LogP contribution in [0.1, 0.15) is 38.8 Å². The molecule has 3 N–H and O–H groups in total. The molecule has 0 bridgehead atoms. The number of nitrogens with two attached hydrogens (primary N) is 1. The predicted octanol–water partition coefficient (Wildman–Crippen LogP) is 2.97. The molecule has 0 spiro atoms. The number of carbonyl (C=O) groups excluding carboxylic acids is 1. The minimum Gasteiger partial charge on any atom is -0.352 e. The minimum absolute atomic E-state index is 0. The van der Waals surface area contributed by atoms with Crippen molar-refractivity contribution in [2.75, 3.05) is 13.1 Å². The average Bonchev–Trinajstić information content (AvgIpc) is 2.50. The van der Waals surface area contributed by atoms with Gasteiger partial charge in [0.15, 0.2) is 0 Å². The van der Waals surface area contributed by atoms with Gasteiger partial charge in [-0.2, -0.15) is 0 Å². The number of nitrogens with one attached hydrogen (secondary N) is 1. The Morgan fingerprint density at radius 2 is 1.65 bits per heavy atom. The molecule has 0 saturated carbocycles. The summed E-state index contributed by atoms with van der Waals surface area (Å²) in [4.78, 5) is 14.4. The highest BCUT2D eigenvalue weighted by Gasteiger charge is 2.17. The van der Waals surface area contributed by atoms with E-state index in [0.717, 1.165) is 19.6 Å². The lowest BCUT2D eigenvalue weighted by atomic mass is 10.0. The Balaban J connectivity index is 0. The Morgan fingerprint density at radius 3 is 2.13 bits per heavy atom. The summed E-state index contributed by atoms with van der Waals surface area (Å²) in [6, 6.07) is 8.15. The van der Waals surface area contributed by atoms with Crippen molar-refractivity contribution in [1.82, 2.24) is 10.2 Å². The normalized spacial score (nSPS) is 12.8. The zero-order valence-corrected chi connectivity index (χ0v) is 16.2. The van der Waals surface area contributed by atoms with Gasteiger partial charge in [-0.25, -0.2) is 0 Å². The van der Waals surface area contributed by atoms with Gasteiger partial charge in [0.2, 0.25) is 5.91 Å². The third-order valence-electron chi connectivity index (χ3n) is 4.06. The van der Waals surface area contributed by atoms with Crippen molar-refractivity contribution in [3.63, 3.8) is 0 Å². The number of nitrogens with zero attached hydrogens (tertiary/aromatic N) is 1. The standard InChI is InChI=1S/C17H29N3O.2ClH/c1-5-20(6-2)12-16-10-8-7-9-15(16)11-19-17(21)13(3)14(4)18;;/h7-10,13-14H,5-6,11-12,18H2,1-4H3,(H,19,21);2*1H. The molecule has 0 heterocycles. The summed E-state index contributed by atoms with van der Waals surface area (Å²) in [7, 11) is 0. The van der Waals surface area contributed by atoms with E-state index >= 15 is 0 Å². The van der Waals surface area contributed by atoms with E-state index in [1.54, 1.807) is 0 Å². The Bertz CT molecular complexity index is 451. The molecule has 4 nitrogen and oxygen atoms in total. The first-order valence-electron chi connectivity index (χ1n) is 7.82. The zero-order chi connectivity index (χ0) is 15.8. The second-order valence-corrected chi connectivity index (χ2v) is 5.60. The maximum absolute atomic E-state index is 12.0. The van der Waals surface area contributed by atoms with E-state index in [-0.39, 0.29) is 42.7 Å². The van der Waals surface area contributed by atoms with Crippen molar-refractivity contribution in [3.8, 4) is 0 Å². The molecule has 1 amide bonds. The summed E-state index contributed by atoms with van der Waals surface area (Å²) in [5, 5.41) is 2.99. The van der Waals surface area contributed by atoms with Crippen LogP contribution in [-0.4, -0.2) is 29.9 Å². The Hall–Kier alpha value is -0.810. The molecule has 0 fully saturated rings. The van der Waals surface area contributed by atoms with E-state index in [2.05, 4.69) is 42.3 Å². The molecule has 1 aromatic rings. The third kappa shape index (κ3) is 8.02. The Morgan fingerprint density at radius 1 is 1.13 bits per heavy atom. The van der Waals surface area contributed by atoms with Gasteiger partial charge in [-0.15, -0.1) is 24.8 Å². The summed E-state index contributed by atoms with van der Waals surface area (Å²) in [6.45, 7) is 11.6. The summed E-state index contributed by atoms with van der Waals surface area (Å²) in [5.41, 5.74) is 8.22. The largest absolute Gasteiger partial charge is 0.352 e. The van der Waals surface area contributed by atoms with Crippen molar-refractivity contribution < 1.29 is 4.79 Å². The van der Waals surface area contributed by atoms with Gasteiger partial charge in [-0.05, 0) is 31.1 Å². The molecule has 0 aromatic heterocycles. The molecule has 2 atom stereocenters. The van der Waals surface area contributed by atoms with Crippen LogP contribution < -0.4 is 11.1 Å². The van der Waals surface area contributed by atoms with Crippen molar-refractivity contribution >= 4 is 30.7 Å². The van der Waals surface area contributed by atoms with Crippen LogP contribution in [0.3, 0.4) is 0 Å². The lowest BCUT2D eigenvalue weighted by molar-refractivity contribution is -0.125. The number of amides is 1. The van der Waals surface area contributed by atoms with E-state index in [4.69, 9.17) is 5.73 Å². The number of carbonyl (C=O) groups is 1. The molecule has 2 unspecified atom stereocenters. The van der Waals surface area contributed by atoms with Gasteiger partial charge in [0, 0.05) is 25.0 Å². The summed E-state index contributed by atoms with van der Waals surface area (Å²) < 4.78 is 0. The monoisotopic (exact) mass is 363 g/mol. The molecule has 0 aliphatic rings. The highest BCUT2D eigenvalue weighted by Crippen LogP contribution is 2.12. The molecule has 23 heavy (non-hydrogen) atoms. The number of rotatable bonds is 8. The van der Waals surface area contributed by atoms with Crippen molar-refractivity contribution in [1.29, 1.82) is 0 Å². The first kappa shape index (κ1) is 24.4. The maximum atomic E-state index is 12.0. The molecule has 1 rings (SSSR count). The van der Waals surface area contributed by atoms with Gasteiger partial charge in [0.25, 0.3) is 0 Å². The highest BCUT2D eigenvalue weighted by molar-refractivity contribution is 5.85. The van der Waals surface area contributed by atoms with E-state index in [0.29, 0.717) is 6.54 Å². The van der Waals surface area contributed by atoms with Gasteiger partial charge in [-0.3, -0.25) is 9.69 Å². The second kappa shape index (κ2) is 12.6. The molecular weight excluding hydrogens is 333 g/mol. The fraction of sp³-hybridized carbons (Fsp3) is 0.588. The molecule has 0 radical (unpaired) electrons. The van der Waals surface area contributed by atoms with Gasteiger partial charge < -0.3 is 11.1 Å². The maximum Gasteiger partial charge on any atom is 0.224 e. The summed E-state index contributed by atoms with van der Waals surface area (Å²) in [5.74, 6) is -0.150. The van der Waals surface area contributed by atoms with Crippen LogP contribution >= 0.6 is 24.8 Å².